The lowest BCUT2D eigenvalue weighted by atomic mass is 9.45. The summed E-state index contributed by atoms with van der Waals surface area (Å²) < 4.78 is 11.1. The molecule has 156 valence electrons. The molecule has 0 spiro atoms. The van der Waals surface area contributed by atoms with Gasteiger partial charge in [-0.2, -0.15) is 0 Å². The number of esters is 2. The number of carbonyl (C=O) groups excluding carboxylic acids is 3. The molecule has 28 heavy (non-hydrogen) atoms. The summed E-state index contributed by atoms with van der Waals surface area (Å²) in [6.45, 7) is 7.53. The van der Waals surface area contributed by atoms with Gasteiger partial charge in [-0.3, -0.25) is 14.4 Å². The van der Waals surface area contributed by atoms with Gasteiger partial charge in [-0.25, -0.2) is 0 Å². The van der Waals surface area contributed by atoms with E-state index in [2.05, 4.69) is 13.8 Å². The lowest BCUT2D eigenvalue weighted by Gasteiger charge is -2.60. The van der Waals surface area contributed by atoms with E-state index in [0.29, 0.717) is 30.1 Å². The molecule has 4 aliphatic rings. The number of hydrogen-bond acceptors (Lipinski definition) is 5. The molecule has 8 atom stereocenters. The largest absolute Gasteiger partial charge is 0.463 e. The summed E-state index contributed by atoms with van der Waals surface area (Å²) in [4.78, 5) is 35.7. The Bertz CT molecular complexity index is 686. The third-order valence-corrected chi connectivity index (χ3v) is 8.98. The molecule has 0 saturated heterocycles. The van der Waals surface area contributed by atoms with Gasteiger partial charge in [0.1, 0.15) is 6.10 Å². The maximum atomic E-state index is 12.7. The summed E-state index contributed by atoms with van der Waals surface area (Å²) in [5.74, 6) is 1.68. The molecule has 0 amide bonds. The predicted octanol–water partition coefficient (Wildman–Crippen LogP) is 4.07. The summed E-state index contributed by atoms with van der Waals surface area (Å²) in [6.07, 6.45) is 7.46. The van der Waals surface area contributed by atoms with Gasteiger partial charge in [0.25, 0.3) is 0 Å². The van der Waals surface area contributed by atoms with Gasteiger partial charge >= 0.3 is 11.9 Å². The Labute approximate surface area is 167 Å². The number of rotatable bonds is 2. The van der Waals surface area contributed by atoms with E-state index in [-0.39, 0.29) is 34.7 Å². The second kappa shape index (κ2) is 6.84. The summed E-state index contributed by atoms with van der Waals surface area (Å²) in [5, 5.41) is 0. The van der Waals surface area contributed by atoms with Gasteiger partial charge in [-0.1, -0.05) is 13.8 Å². The minimum absolute atomic E-state index is 0.0717. The van der Waals surface area contributed by atoms with Crippen molar-refractivity contribution in [2.45, 2.75) is 91.3 Å². The van der Waals surface area contributed by atoms with Crippen molar-refractivity contribution in [1.29, 1.82) is 0 Å². The van der Waals surface area contributed by atoms with Crippen LogP contribution in [-0.4, -0.2) is 29.9 Å². The molecule has 0 aliphatic heterocycles. The zero-order valence-corrected chi connectivity index (χ0v) is 17.7. The maximum Gasteiger partial charge on any atom is 0.303 e. The molecule has 7 unspecified atom stereocenters. The van der Waals surface area contributed by atoms with Gasteiger partial charge < -0.3 is 9.47 Å². The van der Waals surface area contributed by atoms with Crippen molar-refractivity contribution in [3.05, 3.63) is 0 Å². The first-order valence-electron chi connectivity index (χ1n) is 11.0. The van der Waals surface area contributed by atoms with Gasteiger partial charge in [-0.05, 0) is 74.0 Å². The number of ketones is 1. The van der Waals surface area contributed by atoms with Crippen LogP contribution in [0.4, 0.5) is 0 Å². The van der Waals surface area contributed by atoms with Crippen LogP contribution in [0.25, 0.3) is 0 Å². The van der Waals surface area contributed by atoms with E-state index in [1.165, 1.54) is 13.8 Å². The average molecular weight is 391 g/mol. The van der Waals surface area contributed by atoms with Gasteiger partial charge in [0.2, 0.25) is 0 Å². The average Bonchev–Trinajstić information content (AvgIpc) is 2.85. The molecule has 0 aromatic heterocycles. The van der Waals surface area contributed by atoms with Crippen molar-refractivity contribution in [3.63, 3.8) is 0 Å². The lowest BCUT2D eigenvalue weighted by Crippen LogP contribution is -2.55. The second-order valence-corrected chi connectivity index (χ2v) is 10.4. The first-order valence-corrected chi connectivity index (χ1v) is 11.0. The molecule has 5 heteroatoms. The maximum absolute atomic E-state index is 12.7. The first kappa shape index (κ1) is 19.9. The van der Waals surface area contributed by atoms with E-state index in [1.54, 1.807) is 0 Å². The van der Waals surface area contributed by atoms with Gasteiger partial charge in [0, 0.05) is 25.7 Å². The summed E-state index contributed by atoms with van der Waals surface area (Å²) in [7, 11) is 0. The molecule has 0 bridgehead atoms. The SMILES string of the molecule is CC(=O)OC1CCC2(C)C3CCC4(C)C(OC(C)=O)C(=O)CC4C3CC[C@H]2C1. The molecule has 4 fully saturated rings. The molecule has 0 radical (unpaired) electrons. The Morgan fingerprint density at radius 1 is 0.893 bits per heavy atom. The van der Waals surface area contributed by atoms with Crippen LogP contribution in [0.3, 0.4) is 0 Å². The molecule has 4 aliphatic carbocycles. The number of Topliss-reactive ketones (excluding diaryl/α,β-unsaturated/α-hetero) is 1. The highest BCUT2D eigenvalue weighted by molar-refractivity contribution is 5.89. The van der Waals surface area contributed by atoms with Crippen LogP contribution in [0.1, 0.15) is 79.1 Å². The molecule has 0 heterocycles. The number of carbonyl (C=O) groups is 3. The molecular weight excluding hydrogens is 356 g/mol. The van der Waals surface area contributed by atoms with Gasteiger partial charge in [0.15, 0.2) is 11.9 Å². The molecule has 0 aromatic rings. The highest BCUT2D eigenvalue weighted by atomic mass is 16.5. The monoisotopic (exact) mass is 390 g/mol. The standard InChI is InChI=1S/C23H34O5/c1-13(24)27-16-7-9-22(3)15(11-16)5-6-17-18(22)8-10-23(4)19(17)12-20(26)21(23)28-14(2)25/h15-19,21H,5-12H2,1-4H3/t15-,16?,17?,18?,19?,21?,22?,23?/m0/s1. The van der Waals surface area contributed by atoms with E-state index in [0.717, 1.165) is 44.9 Å². The fourth-order valence-electron chi connectivity index (χ4n) is 7.68. The summed E-state index contributed by atoms with van der Waals surface area (Å²) >= 11 is 0. The van der Waals surface area contributed by atoms with E-state index in [9.17, 15) is 14.4 Å². The van der Waals surface area contributed by atoms with Crippen molar-refractivity contribution in [1.82, 2.24) is 0 Å². The first-order chi connectivity index (χ1) is 13.1. The minimum atomic E-state index is -0.554. The number of fused-ring (bicyclic) bond motifs is 5. The Hall–Kier alpha value is -1.39. The minimum Gasteiger partial charge on any atom is -0.463 e. The Kier molecular flexibility index (Phi) is 4.86. The van der Waals surface area contributed by atoms with Crippen LogP contribution in [-0.2, 0) is 23.9 Å². The highest BCUT2D eigenvalue weighted by Gasteiger charge is 2.63. The third-order valence-electron chi connectivity index (χ3n) is 8.98. The van der Waals surface area contributed by atoms with Crippen LogP contribution < -0.4 is 0 Å². The summed E-state index contributed by atoms with van der Waals surface area (Å²) in [5.41, 5.74) is 0.0610. The van der Waals surface area contributed by atoms with Crippen LogP contribution in [0.2, 0.25) is 0 Å². The van der Waals surface area contributed by atoms with Gasteiger partial charge in [-0.15, -0.1) is 0 Å². The summed E-state index contributed by atoms with van der Waals surface area (Å²) in [6, 6.07) is 0. The van der Waals surface area contributed by atoms with Crippen LogP contribution in [0, 0.1) is 34.5 Å². The molecular formula is C23H34O5. The topological polar surface area (TPSA) is 69.7 Å². The lowest BCUT2D eigenvalue weighted by molar-refractivity contribution is -0.169. The van der Waals surface area contributed by atoms with E-state index in [4.69, 9.17) is 9.47 Å². The quantitative estimate of drug-likeness (QED) is 0.665. The zero-order chi connectivity index (χ0) is 20.3. The van der Waals surface area contributed by atoms with Crippen molar-refractivity contribution in [2.75, 3.05) is 0 Å². The van der Waals surface area contributed by atoms with E-state index >= 15 is 0 Å². The van der Waals surface area contributed by atoms with Crippen LogP contribution in [0.15, 0.2) is 0 Å². The number of ether oxygens (including phenoxy) is 2. The van der Waals surface area contributed by atoms with Crippen molar-refractivity contribution in [3.8, 4) is 0 Å². The van der Waals surface area contributed by atoms with E-state index < -0.39 is 6.10 Å². The fourth-order valence-corrected chi connectivity index (χ4v) is 7.68. The molecule has 5 nitrogen and oxygen atoms in total. The number of hydrogen-bond donors (Lipinski definition) is 0. The highest BCUT2D eigenvalue weighted by Crippen LogP contribution is 2.66. The van der Waals surface area contributed by atoms with Crippen molar-refractivity contribution in [2.24, 2.45) is 34.5 Å². The smallest absolute Gasteiger partial charge is 0.303 e. The predicted molar refractivity (Wildman–Crippen MR) is 103 cm³/mol. The Morgan fingerprint density at radius 3 is 2.25 bits per heavy atom. The third kappa shape index (κ3) is 3.00. The van der Waals surface area contributed by atoms with E-state index in [1.807, 2.05) is 0 Å². The molecule has 0 N–H and O–H groups in total. The molecule has 4 saturated carbocycles. The molecule has 0 aromatic carbocycles. The van der Waals surface area contributed by atoms with Crippen molar-refractivity contribution >= 4 is 17.7 Å². The Balaban J connectivity index is 1.54. The Morgan fingerprint density at radius 2 is 1.57 bits per heavy atom. The fraction of sp³-hybridized carbons (Fsp3) is 0.870. The van der Waals surface area contributed by atoms with Crippen molar-refractivity contribution < 1.29 is 23.9 Å². The zero-order valence-electron chi connectivity index (χ0n) is 17.7. The second-order valence-electron chi connectivity index (χ2n) is 10.4. The van der Waals surface area contributed by atoms with Crippen LogP contribution in [0.5, 0.6) is 0 Å². The van der Waals surface area contributed by atoms with Gasteiger partial charge in [0.05, 0.1) is 0 Å². The van der Waals surface area contributed by atoms with Crippen LogP contribution >= 0.6 is 0 Å². The normalized spacial score (nSPS) is 47.5. The molecule has 4 rings (SSSR count).